The Morgan fingerprint density at radius 3 is 2.67 bits per heavy atom. The highest BCUT2D eigenvalue weighted by Crippen LogP contribution is 2.22. The van der Waals surface area contributed by atoms with E-state index in [0.29, 0.717) is 11.7 Å². The van der Waals surface area contributed by atoms with Gasteiger partial charge in [0.2, 0.25) is 5.82 Å². The fourth-order valence-corrected chi connectivity index (χ4v) is 1.62. The molecule has 2 aromatic heterocycles. The van der Waals surface area contributed by atoms with Crippen LogP contribution in [0.3, 0.4) is 0 Å². The van der Waals surface area contributed by atoms with Crippen LogP contribution in [0.5, 0.6) is 5.75 Å². The first-order valence-electron chi connectivity index (χ1n) is 5.34. The number of rotatable bonds is 2. The van der Waals surface area contributed by atoms with Gasteiger partial charge in [-0.25, -0.2) is 4.98 Å². The summed E-state index contributed by atoms with van der Waals surface area (Å²) in [4.78, 5) is 8.29. The van der Waals surface area contributed by atoms with Gasteiger partial charge in [0, 0.05) is 12.6 Å². The van der Waals surface area contributed by atoms with Crippen LogP contribution >= 0.6 is 0 Å². The van der Waals surface area contributed by atoms with Crippen molar-refractivity contribution < 1.29 is 9.63 Å². The predicted molar refractivity (Wildman–Crippen MR) is 63.6 cm³/mol. The van der Waals surface area contributed by atoms with Crippen molar-refractivity contribution in [2.45, 2.75) is 0 Å². The summed E-state index contributed by atoms with van der Waals surface area (Å²) in [5.41, 5.74) is 1.54. The van der Waals surface area contributed by atoms with Gasteiger partial charge in [0.25, 0.3) is 5.89 Å². The normalized spacial score (nSPS) is 10.7. The number of imidazole rings is 1. The summed E-state index contributed by atoms with van der Waals surface area (Å²) in [6.45, 7) is 0. The molecule has 0 aliphatic heterocycles. The van der Waals surface area contributed by atoms with Crippen LogP contribution in [0, 0.1) is 0 Å². The van der Waals surface area contributed by atoms with Crippen molar-refractivity contribution in [3.8, 4) is 28.7 Å². The van der Waals surface area contributed by atoms with Gasteiger partial charge in [-0.05, 0) is 24.3 Å². The molecule has 2 heterocycles. The third kappa shape index (κ3) is 1.73. The van der Waals surface area contributed by atoms with Gasteiger partial charge < -0.3 is 14.2 Å². The molecular weight excluding hydrogens is 232 g/mol. The minimum Gasteiger partial charge on any atom is -0.508 e. The predicted octanol–water partition coefficient (Wildman–Crippen LogP) is 1.84. The van der Waals surface area contributed by atoms with E-state index in [1.54, 1.807) is 41.4 Å². The second kappa shape index (κ2) is 3.99. The molecular formula is C12H10N4O2. The van der Waals surface area contributed by atoms with Crippen molar-refractivity contribution in [1.29, 1.82) is 0 Å². The zero-order chi connectivity index (χ0) is 12.5. The van der Waals surface area contributed by atoms with Crippen LogP contribution in [0.15, 0.2) is 41.3 Å². The molecule has 0 bridgehead atoms. The topological polar surface area (TPSA) is 77.0 Å². The first-order valence-corrected chi connectivity index (χ1v) is 5.34. The highest BCUT2D eigenvalue weighted by Gasteiger charge is 2.12. The van der Waals surface area contributed by atoms with Crippen LogP contribution in [0.4, 0.5) is 0 Å². The minimum atomic E-state index is 0.203. The fourth-order valence-electron chi connectivity index (χ4n) is 1.62. The summed E-state index contributed by atoms with van der Waals surface area (Å²) >= 11 is 0. The highest BCUT2D eigenvalue weighted by atomic mass is 16.5. The van der Waals surface area contributed by atoms with E-state index in [1.807, 2.05) is 7.05 Å². The molecule has 0 unspecified atom stereocenters. The molecule has 3 rings (SSSR count). The maximum Gasteiger partial charge on any atom is 0.276 e. The van der Waals surface area contributed by atoms with Gasteiger partial charge in [0.1, 0.15) is 11.4 Å². The van der Waals surface area contributed by atoms with Gasteiger partial charge in [0.05, 0.1) is 12.5 Å². The number of nitrogens with zero attached hydrogens (tertiary/aromatic N) is 4. The van der Waals surface area contributed by atoms with E-state index >= 15 is 0 Å². The van der Waals surface area contributed by atoms with E-state index in [4.69, 9.17) is 4.52 Å². The van der Waals surface area contributed by atoms with Crippen molar-refractivity contribution in [3.63, 3.8) is 0 Å². The summed E-state index contributed by atoms with van der Waals surface area (Å²) in [6.07, 6.45) is 3.33. The smallest absolute Gasteiger partial charge is 0.276 e. The Labute approximate surface area is 103 Å². The van der Waals surface area contributed by atoms with Crippen LogP contribution in [0.25, 0.3) is 23.0 Å². The van der Waals surface area contributed by atoms with Crippen LogP contribution < -0.4 is 0 Å². The van der Waals surface area contributed by atoms with Gasteiger partial charge >= 0.3 is 0 Å². The first kappa shape index (κ1) is 10.5. The summed E-state index contributed by atoms with van der Waals surface area (Å²) in [6, 6.07) is 6.62. The second-order valence-corrected chi connectivity index (χ2v) is 3.86. The number of aromatic nitrogens is 4. The van der Waals surface area contributed by atoms with E-state index in [1.165, 1.54) is 0 Å². The average Bonchev–Trinajstić information content (AvgIpc) is 2.98. The molecule has 0 fully saturated rings. The minimum absolute atomic E-state index is 0.203. The number of phenols is 1. The van der Waals surface area contributed by atoms with E-state index in [-0.39, 0.29) is 5.75 Å². The van der Waals surface area contributed by atoms with Gasteiger partial charge in [-0.3, -0.25) is 0 Å². The van der Waals surface area contributed by atoms with Gasteiger partial charge in [-0.1, -0.05) is 5.16 Å². The molecule has 0 spiro atoms. The number of hydrogen-bond acceptors (Lipinski definition) is 5. The summed E-state index contributed by atoms with van der Waals surface area (Å²) in [7, 11) is 1.85. The molecule has 0 amide bonds. The van der Waals surface area contributed by atoms with Gasteiger partial charge in [-0.15, -0.1) is 0 Å². The summed E-state index contributed by atoms with van der Waals surface area (Å²) in [5.74, 6) is 1.10. The lowest BCUT2D eigenvalue weighted by Crippen LogP contribution is -1.89. The SMILES string of the molecule is Cn1cncc1-c1nc(-c2ccc(O)cc2)no1. The Hall–Kier alpha value is -2.63. The Kier molecular flexibility index (Phi) is 2.33. The maximum absolute atomic E-state index is 9.22. The van der Waals surface area contributed by atoms with Gasteiger partial charge in [0.15, 0.2) is 0 Å². The van der Waals surface area contributed by atoms with Crippen molar-refractivity contribution in [2.24, 2.45) is 7.05 Å². The maximum atomic E-state index is 9.22. The molecule has 3 aromatic rings. The lowest BCUT2D eigenvalue weighted by Gasteiger charge is -1.94. The number of hydrogen-bond donors (Lipinski definition) is 1. The van der Waals surface area contributed by atoms with Crippen molar-refractivity contribution >= 4 is 0 Å². The molecule has 0 atom stereocenters. The molecule has 0 saturated carbocycles. The monoisotopic (exact) mass is 242 g/mol. The number of aryl methyl sites for hydroxylation is 1. The molecule has 0 radical (unpaired) electrons. The second-order valence-electron chi connectivity index (χ2n) is 3.86. The quantitative estimate of drug-likeness (QED) is 0.742. The third-order valence-electron chi connectivity index (χ3n) is 2.59. The van der Waals surface area contributed by atoms with E-state index < -0.39 is 0 Å². The molecule has 6 heteroatoms. The molecule has 0 aliphatic carbocycles. The molecule has 1 aromatic carbocycles. The van der Waals surface area contributed by atoms with Crippen molar-refractivity contribution in [1.82, 2.24) is 19.7 Å². The van der Waals surface area contributed by atoms with Crippen LogP contribution in [-0.2, 0) is 7.05 Å². The molecule has 18 heavy (non-hydrogen) atoms. The Bertz CT molecular complexity index is 669. The molecule has 90 valence electrons. The lowest BCUT2D eigenvalue weighted by molar-refractivity contribution is 0.429. The van der Waals surface area contributed by atoms with E-state index in [0.717, 1.165) is 11.3 Å². The molecule has 1 N–H and O–H groups in total. The number of aromatic hydroxyl groups is 1. The standard InChI is InChI=1S/C12H10N4O2/c1-16-7-13-6-10(16)12-14-11(15-18-12)8-2-4-9(17)5-3-8/h2-7,17H,1H3. The molecule has 0 aliphatic rings. The third-order valence-corrected chi connectivity index (χ3v) is 2.59. The van der Waals surface area contributed by atoms with Crippen LogP contribution in [0.1, 0.15) is 0 Å². The summed E-state index contributed by atoms with van der Waals surface area (Å²) < 4.78 is 6.99. The lowest BCUT2D eigenvalue weighted by atomic mass is 10.2. The van der Waals surface area contributed by atoms with Crippen molar-refractivity contribution in [3.05, 3.63) is 36.8 Å². The van der Waals surface area contributed by atoms with Crippen LogP contribution in [0.2, 0.25) is 0 Å². The Balaban J connectivity index is 1.99. The largest absolute Gasteiger partial charge is 0.508 e. The zero-order valence-corrected chi connectivity index (χ0v) is 9.61. The Morgan fingerprint density at radius 2 is 2.00 bits per heavy atom. The van der Waals surface area contributed by atoms with Gasteiger partial charge in [-0.2, -0.15) is 4.98 Å². The zero-order valence-electron chi connectivity index (χ0n) is 9.61. The number of benzene rings is 1. The van der Waals surface area contributed by atoms with E-state index in [2.05, 4.69) is 15.1 Å². The van der Waals surface area contributed by atoms with Crippen LogP contribution in [-0.4, -0.2) is 24.8 Å². The summed E-state index contributed by atoms with van der Waals surface area (Å²) in [5, 5.41) is 13.1. The van der Waals surface area contributed by atoms with E-state index in [9.17, 15) is 5.11 Å². The fraction of sp³-hybridized carbons (Fsp3) is 0.0833. The first-order chi connectivity index (χ1) is 8.74. The number of phenolic OH excluding ortho intramolecular Hbond substituents is 1. The molecule has 0 saturated heterocycles. The van der Waals surface area contributed by atoms with Crippen molar-refractivity contribution in [2.75, 3.05) is 0 Å². The highest BCUT2D eigenvalue weighted by molar-refractivity contribution is 5.58. The molecule has 6 nitrogen and oxygen atoms in total. The Morgan fingerprint density at radius 1 is 1.22 bits per heavy atom. The average molecular weight is 242 g/mol.